The molecule has 656 valence electrons. The summed E-state index contributed by atoms with van der Waals surface area (Å²) in [6.45, 7) is 12.4. The molecule has 16 bridgehead atoms. The van der Waals surface area contributed by atoms with Gasteiger partial charge < -0.3 is 42.5 Å². The van der Waals surface area contributed by atoms with Crippen LogP contribution in [0.25, 0.3) is 43.1 Å². The highest BCUT2D eigenvalue weighted by molar-refractivity contribution is 6.06. The second-order valence-corrected chi connectivity index (χ2v) is 32.2. The maximum atomic E-state index is 14.6. The van der Waals surface area contributed by atoms with Gasteiger partial charge in [0.15, 0.2) is 0 Å². The molecular formula is C90H86N18O20. The number of hydrogen-bond donors (Lipinski definition) is 12. The lowest BCUT2D eigenvalue weighted by Gasteiger charge is -2.25. The second kappa shape index (κ2) is 37.9. The van der Waals surface area contributed by atoms with Crippen molar-refractivity contribution in [2.45, 2.75) is 129 Å². The van der Waals surface area contributed by atoms with Crippen LogP contribution < -0.4 is 109 Å². The number of nitrogens with one attached hydrogen (secondary N) is 12. The Morgan fingerprint density at radius 1 is 0.227 bits per heavy atom. The Bertz CT molecular complexity index is 5950. The summed E-state index contributed by atoms with van der Waals surface area (Å²) < 4.78 is 1.24. The zero-order valence-electron chi connectivity index (χ0n) is 69.9. The van der Waals surface area contributed by atoms with Crippen molar-refractivity contribution in [2.24, 2.45) is 23.7 Å². The summed E-state index contributed by atoms with van der Waals surface area (Å²) in [5.41, 5.74) is -0.405. The molecule has 6 aromatic heterocycles. The molecule has 4 aliphatic heterocycles. The van der Waals surface area contributed by atoms with Crippen LogP contribution in [0.3, 0.4) is 0 Å². The molecule has 0 saturated carbocycles. The molecule has 10 heterocycles. The van der Waals surface area contributed by atoms with E-state index in [4.69, 9.17) is 0 Å². The third-order valence-electron chi connectivity index (χ3n) is 21.7. The predicted molar refractivity (Wildman–Crippen MR) is 468 cm³/mol. The molecule has 6 aromatic carbocycles. The van der Waals surface area contributed by atoms with Gasteiger partial charge in [0.25, 0.3) is 91.7 Å². The molecule has 0 unspecified atom stereocenters. The van der Waals surface area contributed by atoms with E-state index >= 15 is 0 Å². The first kappa shape index (κ1) is 89.6. The molecule has 8 atom stereocenters. The third kappa shape index (κ3) is 19.3. The van der Waals surface area contributed by atoms with E-state index < -0.39 is 253 Å². The number of rotatable bonds is 12. The van der Waals surface area contributed by atoms with Crippen LogP contribution >= 0.6 is 0 Å². The van der Waals surface area contributed by atoms with Crippen LogP contribution in [0.5, 0.6) is 0 Å². The molecule has 38 heteroatoms. The van der Waals surface area contributed by atoms with E-state index in [9.17, 15) is 95.9 Å². The van der Waals surface area contributed by atoms with Gasteiger partial charge in [-0.3, -0.25) is 118 Å². The summed E-state index contributed by atoms with van der Waals surface area (Å²) in [4.78, 5) is 297. The molecule has 4 aliphatic rings. The highest BCUT2D eigenvalue weighted by Gasteiger charge is 2.38. The number of carbonyl (C=O) groups excluding carboxylic acids is 12. The Hall–Kier alpha value is -16.2. The number of benzene rings is 6. The quantitative estimate of drug-likeness (QED) is 0.0780. The van der Waals surface area contributed by atoms with E-state index in [1.165, 1.54) is 36.4 Å². The normalized spacial score (nSPS) is 19.3. The molecule has 0 aliphatic carbocycles. The third-order valence-corrected chi connectivity index (χ3v) is 21.7. The first-order valence-corrected chi connectivity index (χ1v) is 40.7. The van der Waals surface area contributed by atoms with Crippen LogP contribution in [0.2, 0.25) is 0 Å². The molecule has 12 amide bonds. The van der Waals surface area contributed by atoms with E-state index in [-0.39, 0.29) is 25.7 Å². The lowest BCUT2D eigenvalue weighted by molar-refractivity contribution is -0.128. The first-order valence-electron chi connectivity index (χ1n) is 40.7. The molecule has 0 radical (unpaired) electrons. The minimum Gasteiger partial charge on any atom is -0.342 e. The first-order chi connectivity index (χ1) is 61.0. The second-order valence-electron chi connectivity index (χ2n) is 32.2. The van der Waals surface area contributed by atoms with Crippen LogP contribution in [0.1, 0.15) is 120 Å². The Morgan fingerprint density at radius 3 is 0.562 bits per heavy atom. The monoisotopic (exact) mass is 1740 g/mol. The summed E-state index contributed by atoms with van der Waals surface area (Å²) >= 11 is 0. The van der Waals surface area contributed by atoms with Gasteiger partial charge in [-0.05, 0) is 94.5 Å². The lowest BCUT2D eigenvalue weighted by Crippen LogP contribution is -2.56. The van der Waals surface area contributed by atoms with E-state index in [0.717, 1.165) is 24.3 Å². The summed E-state index contributed by atoms with van der Waals surface area (Å²) in [5.74, 6) is -15.5. The van der Waals surface area contributed by atoms with Crippen molar-refractivity contribution in [1.29, 1.82) is 0 Å². The van der Waals surface area contributed by atoms with Crippen LogP contribution in [0.4, 0.5) is 0 Å². The Labute approximate surface area is 724 Å². The minimum absolute atomic E-state index is 0.285. The van der Waals surface area contributed by atoms with Gasteiger partial charge in [0, 0.05) is 25.7 Å². The van der Waals surface area contributed by atoms with Crippen molar-refractivity contribution in [3.05, 3.63) is 310 Å². The zero-order valence-corrected chi connectivity index (χ0v) is 69.9. The largest absolute Gasteiger partial charge is 0.342 e. The fraction of sp³-hybridized carbons (Fsp3) is 0.267. The number of carbonyl (C=O) groups is 12. The van der Waals surface area contributed by atoms with Crippen molar-refractivity contribution in [3.8, 4) is 0 Å². The highest BCUT2D eigenvalue weighted by atomic mass is 16.2. The van der Waals surface area contributed by atoms with Crippen molar-refractivity contribution < 1.29 is 57.5 Å². The van der Waals surface area contributed by atoms with Gasteiger partial charge in [-0.2, -0.15) is 18.7 Å². The summed E-state index contributed by atoms with van der Waals surface area (Å²) in [5, 5.41) is 16.9. The molecule has 38 nitrogen and oxygen atoms in total. The molecule has 12 N–H and O–H groups in total. The summed E-state index contributed by atoms with van der Waals surface area (Å²) in [7, 11) is 0. The minimum atomic E-state index is -1.63. The smallest absolute Gasteiger partial charge is 0.280 e. The predicted octanol–water partition coefficient (Wildman–Crippen LogP) is 0.250. The Balaban J connectivity index is 0.832. The number of pyridine rings is 2. The highest BCUT2D eigenvalue weighted by Crippen LogP contribution is 2.20. The fourth-order valence-electron chi connectivity index (χ4n) is 14.8. The van der Waals surface area contributed by atoms with Gasteiger partial charge in [0.05, 0.1) is 43.1 Å². The van der Waals surface area contributed by atoms with E-state index in [0.29, 0.717) is 41.0 Å². The Kier molecular flexibility index (Phi) is 26.5. The van der Waals surface area contributed by atoms with Gasteiger partial charge in [-0.1, -0.05) is 189 Å². The average molecular weight is 1740 g/mol. The molecule has 12 aromatic rings. The molecular weight excluding hydrogens is 1650 g/mol. The van der Waals surface area contributed by atoms with E-state index in [1.807, 2.05) is 0 Å². The van der Waals surface area contributed by atoms with Crippen LogP contribution in [0.15, 0.2) is 220 Å². The number of aromatic nitrogens is 6. The van der Waals surface area contributed by atoms with Crippen molar-refractivity contribution in [1.82, 2.24) is 71.2 Å². The van der Waals surface area contributed by atoms with E-state index in [1.54, 1.807) is 177 Å². The summed E-state index contributed by atoms with van der Waals surface area (Å²) in [6.07, 6.45) is -1.14. The summed E-state index contributed by atoms with van der Waals surface area (Å²) in [6, 6.07) is 31.3. The van der Waals surface area contributed by atoms with E-state index in [2.05, 4.69) is 74.2 Å². The maximum Gasteiger partial charge on any atom is 0.280 e. The number of amides is 12. The van der Waals surface area contributed by atoms with Crippen LogP contribution in [-0.4, -0.2) is 148 Å². The maximum absolute atomic E-state index is 14.6. The number of nitrogens with zero attached hydrogens (tertiary/aromatic N) is 6. The zero-order chi connectivity index (χ0) is 92.0. The standard InChI is InChI=1S/C90H86N18O20/c1-43(2)67-79(117)93-63(35-47-23-13-9-14-24-47)75(113)101-105-83(121)51-39-53-54(40-52(51)84(105)122)86(124)106(85(53)123)103-77(115)65(37-49-27-17-11-18-28-49)95-81(119)69(45(5)6)99-73(111)61-33-22-34-62(92-61)74(112)100-70(46(7)8)82(120)96-66(38-50-29-19-12-20-30-50)78(116)104-108-89(127)57-41-55-56(42-58(57)90(108)128)88(126)107(87(55)125)102-76(114)64(36-48-25-15-10-16-26-48)94-80(118)68(44(3)4)98-72(110)60-32-21-31-59(91-60)71(109)97-67/h9-34,39-46,63-70H,35-38H2,1-8H3,(H,93,117)(H,94,118)(H,95,119)(H,96,120)(H,97,109)(H,98,110)(H,99,111)(H,100,112)(H,101,113)(H,102,114)(H,103,115)(H,104,116)/t63-,64-,65-,66-,67-,68-,69-,70-/m0/s1. The molecule has 128 heavy (non-hydrogen) atoms. The van der Waals surface area contributed by atoms with Crippen molar-refractivity contribution in [2.75, 3.05) is 21.7 Å². The number of hydrogen-bond acceptors (Lipinski definition) is 22. The fourth-order valence-corrected chi connectivity index (χ4v) is 14.8. The van der Waals surface area contributed by atoms with Gasteiger partial charge in [0.2, 0.25) is 23.6 Å². The Morgan fingerprint density at radius 2 is 0.398 bits per heavy atom. The topological polar surface area (TPSA) is 531 Å². The van der Waals surface area contributed by atoms with Crippen LogP contribution in [-0.2, 0) is 64.0 Å². The average Bonchev–Trinajstić information content (AvgIpc) is 1.59. The van der Waals surface area contributed by atoms with Gasteiger partial charge in [-0.25, -0.2) is 9.97 Å². The van der Waals surface area contributed by atoms with Crippen molar-refractivity contribution >= 4 is 114 Å². The van der Waals surface area contributed by atoms with Gasteiger partial charge in [0.1, 0.15) is 71.1 Å². The lowest BCUT2D eigenvalue weighted by atomic mass is 10.0. The van der Waals surface area contributed by atoms with Gasteiger partial charge in [-0.15, -0.1) is 0 Å². The molecule has 0 saturated heterocycles. The van der Waals surface area contributed by atoms with Gasteiger partial charge >= 0.3 is 0 Å². The van der Waals surface area contributed by atoms with Crippen molar-refractivity contribution in [3.63, 3.8) is 0 Å². The SMILES string of the molecule is CC(C)[C@@H]1NC(=O)c2cccc(n2)C(=O)N[C@@H](C(C)C)C(=O)N[C@@H](Cc2ccccc2)C(=O)Nn2c(=O)c3cc4c(=O)n(c(=O)c4cc3c2=O)NC(=O)[C@H](Cc2ccccc2)NC(=O)[C@H](C(C)C)NC(=O)c2cccc(n2)C(=O)N[C@@H](C(C)C)C(=O)N[C@@H](Cc2ccccc2)C(=O)Nn2c(=O)c3cc4c(=O)n(c(=O)c4cc3c2=O)NC(=O)[C@H](Cc2ccccc2)NC1=O. The molecule has 0 spiro atoms. The van der Waals surface area contributed by atoms with Crippen LogP contribution in [0, 0.1) is 23.7 Å². The molecule has 0 fully saturated rings. The molecule has 16 rings (SSSR count).